The molecule has 9 atom stereocenters. The molecule has 24 heteroatoms. The number of nitrogens with zero attached hydrogens (tertiary/aromatic N) is 7. The highest BCUT2D eigenvalue weighted by molar-refractivity contribution is 6.35. The molecule has 5 aliphatic heterocycles. The molecule has 9 rings (SSSR count). The number of alkyl carbamates (subject to hydrolysis) is 1. The van der Waals surface area contributed by atoms with Crippen LogP contribution in [-0.2, 0) is 71.9 Å². The van der Waals surface area contributed by atoms with Crippen molar-refractivity contribution >= 4 is 63.9 Å². The molecule has 5 aliphatic rings. The summed E-state index contributed by atoms with van der Waals surface area (Å²) in [5.74, 6) is -2.40. The minimum absolute atomic E-state index is 0.00382. The number of fused-ring (bicyclic) bond motifs is 8. The first-order chi connectivity index (χ1) is 44.5. The largest absolute Gasteiger partial charge is 0.495 e. The third-order valence-electron chi connectivity index (χ3n) is 19.3. The number of piperidine rings is 1. The van der Waals surface area contributed by atoms with Crippen LogP contribution in [0.3, 0.4) is 0 Å². The molecule has 4 aromatic rings. The number of ether oxygens (including phenoxy) is 7. The van der Waals surface area contributed by atoms with Crippen LogP contribution < -0.4 is 15.0 Å². The predicted molar refractivity (Wildman–Crippen MR) is 349 cm³/mol. The van der Waals surface area contributed by atoms with Crippen molar-refractivity contribution in [2.45, 2.75) is 152 Å². The lowest BCUT2D eigenvalue weighted by molar-refractivity contribution is -0.162. The Morgan fingerprint density at radius 3 is 2.33 bits per heavy atom. The van der Waals surface area contributed by atoms with Crippen LogP contribution >= 0.6 is 11.6 Å². The number of nitrogens with one attached hydrogen (secondary N) is 1. The van der Waals surface area contributed by atoms with E-state index in [-0.39, 0.29) is 74.5 Å². The molecule has 3 aromatic carbocycles. The van der Waals surface area contributed by atoms with Crippen LogP contribution in [0.1, 0.15) is 107 Å². The Bertz CT molecular complexity index is 3380. The highest BCUT2D eigenvalue weighted by atomic mass is 35.5. The van der Waals surface area contributed by atoms with E-state index in [2.05, 4.69) is 76.5 Å². The number of amides is 5. The number of methoxy groups -OCH3 is 2. The number of esters is 1. The van der Waals surface area contributed by atoms with E-state index in [1.807, 2.05) is 30.0 Å². The van der Waals surface area contributed by atoms with Gasteiger partial charge < -0.3 is 67.5 Å². The molecule has 5 amide bonds. The average molecular weight is 1310 g/mol. The van der Waals surface area contributed by atoms with Gasteiger partial charge in [0.2, 0.25) is 23.6 Å². The Labute approximate surface area is 550 Å². The second-order valence-corrected chi connectivity index (χ2v) is 25.8. The third-order valence-corrected chi connectivity index (χ3v) is 19.7. The van der Waals surface area contributed by atoms with E-state index in [1.54, 1.807) is 50.1 Å². The molecule has 23 nitrogen and oxygen atoms in total. The number of hydrazine groups is 1. The number of hydrogen-bond acceptors (Lipinski definition) is 17. The molecule has 0 saturated carbocycles. The normalized spacial score (nSPS) is 26.0. The smallest absolute Gasteiger partial charge is 0.409 e. The second-order valence-electron chi connectivity index (χ2n) is 25.4. The van der Waals surface area contributed by atoms with Crippen molar-refractivity contribution in [3.05, 3.63) is 118 Å². The summed E-state index contributed by atoms with van der Waals surface area (Å²) < 4.78 is 43.6. The van der Waals surface area contributed by atoms with Gasteiger partial charge in [-0.3, -0.25) is 24.5 Å². The summed E-state index contributed by atoms with van der Waals surface area (Å²) in [6, 6.07) is 21.0. The molecule has 506 valence electrons. The molecule has 0 spiro atoms. The fraction of sp³-hybridized carbons (Fsp3) is 0.565. The lowest BCUT2D eigenvalue weighted by Gasteiger charge is -2.42. The van der Waals surface area contributed by atoms with Crippen molar-refractivity contribution in [2.24, 2.45) is 5.92 Å². The molecule has 1 aromatic heterocycles. The van der Waals surface area contributed by atoms with E-state index < -0.39 is 78.0 Å². The standard InChI is InChI=1S/C69H93ClN8O15/c1-44-18-16-23-56(88-10)69(86)42-55(91-67(85)71-69)45(2)65-68(4,93-65)57(41-61(83)74(7)52-39-47(38-44)40-54(87-9)63(52)70)92-66(84)46(3)73(6)58(80)24-25-60(82)77(32-35-90-37-36-89-34-17-33-79)49-26-29-76(30-27-49)59(81)28-31-78-51-22-15-14-21-50(51)62-53(78)43-72(5)75(8)64(62)48-19-12-11-13-20-48/h11-16,18-23,39-40,45-46,49,55-57,64-65,79,86H,17,24-38,41-43H2,1-10H3,(H,71,85)/b23-16+,44-18+/t45-,46-,55+,56-,57+,64?,65?,68+,69+/m1/s1. The molecule has 0 aliphatic carbocycles. The predicted octanol–water partition coefficient (Wildman–Crippen LogP) is 6.96. The van der Waals surface area contributed by atoms with Crippen molar-refractivity contribution in [1.29, 1.82) is 0 Å². The van der Waals surface area contributed by atoms with Gasteiger partial charge in [0.05, 0.1) is 57.7 Å². The van der Waals surface area contributed by atoms with Crippen LogP contribution in [0.4, 0.5) is 10.5 Å². The topological polar surface area (TPSA) is 247 Å². The number of halogens is 1. The number of allylic oxidation sites excluding steroid dienone is 3. The number of likely N-dealkylation sites (N-methyl/N-ethyl adjacent to an activating group) is 1. The van der Waals surface area contributed by atoms with E-state index in [0.717, 1.165) is 16.7 Å². The Morgan fingerprint density at radius 2 is 1.62 bits per heavy atom. The highest BCUT2D eigenvalue weighted by Crippen LogP contribution is 2.50. The first-order valence-corrected chi connectivity index (χ1v) is 32.7. The number of carbonyl (C=O) groups is 6. The average Bonchev–Trinajstić information content (AvgIpc) is 1.59. The monoisotopic (exact) mass is 1310 g/mol. The Morgan fingerprint density at radius 1 is 0.925 bits per heavy atom. The van der Waals surface area contributed by atoms with Crippen LogP contribution in [0.2, 0.25) is 5.02 Å². The third kappa shape index (κ3) is 16.1. The van der Waals surface area contributed by atoms with E-state index >= 15 is 0 Å². The number of para-hydroxylation sites is 1. The maximum atomic E-state index is 14.6. The number of carbonyl (C=O) groups excluding carboxylic acids is 6. The van der Waals surface area contributed by atoms with Crippen LogP contribution in [0, 0.1) is 5.92 Å². The summed E-state index contributed by atoms with van der Waals surface area (Å²) in [7, 11) is 10.1. The number of aromatic nitrogens is 1. The van der Waals surface area contributed by atoms with Gasteiger partial charge in [-0.05, 0) is 75.8 Å². The van der Waals surface area contributed by atoms with Gasteiger partial charge in [-0.1, -0.05) is 90.9 Å². The summed E-state index contributed by atoms with van der Waals surface area (Å²) in [5.41, 5.74) is 3.47. The number of hydrogen-bond donors (Lipinski definition) is 3. The summed E-state index contributed by atoms with van der Waals surface area (Å²) in [6.45, 7) is 10.3. The molecule has 3 fully saturated rings. The van der Waals surface area contributed by atoms with Crippen molar-refractivity contribution in [3.8, 4) is 5.75 Å². The van der Waals surface area contributed by atoms with Crippen LogP contribution in [0.25, 0.3) is 10.9 Å². The fourth-order valence-corrected chi connectivity index (χ4v) is 13.9. The zero-order valence-corrected chi connectivity index (χ0v) is 56.1. The number of anilines is 1. The van der Waals surface area contributed by atoms with Crippen LogP contribution in [0.5, 0.6) is 5.75 Å². The lowest BCUT2D eigenvalue weighted by Crippen LogP contribution is -2.63. The van der Waals surface area contributed by atoms with E-state index in [4.69, 9.17) is 49.9 Å². The van der Waals surface area contributed by atoms with E-state index in [9.17, 15) is 33.9 Å². The van der Waals surface area contributed by atoms with Gasteiger partial charge in [0.1, 0.15) is 40.7 Å². The lowest BCUT2D eigenvalue weighted by atomic mass is 9.83. The quantitative estimate of drug-likeness (QED) is 0.0409. The number of likely N-dealkylation sites (tertiary alicyclic amines) is 1. The molecule has 3 N–H and O–H groups in total. The summed E-state index contributed by atoms with van der Waals surface area (Å²) >= 11 is 6.90. The number of benzene rings is 3. The molecule has 0 radical (unpaired) electrons. The maximum Gasteiger partial charge on any atom is 0.409 e. The van der Waals surface area contributed by atoms with Crippen molar-refractivity contribution in [2.75, 3.05) is 100.0 Å². The molecule has 4 bridgehead atoms. The van der Waals surface area contributed by atoms with Crippen molar-refractivity contribution < 1.29 is 72.1 Å². The second kappa shape index (κ2) is 31.1. The minimum Gasteiger partial charge on any atom is -0.495 e. The number of aryl methyl sites for hydroxylation is 1. The number of aliphatic hydroxyl groups is 2. The van der Waals surface area contributed by atoms with Gasteiger partial charge in [0, 0.05) is 134 Å². The maximum absolute atomic E-state index is 14.6. The van der Waals surface area contributed by atoms with Crippen molar-refractivity contribution in [3.63, 3.8) is 0 Å². The fourth-order valence-electron chi connectivity index (χ4n) is 13.6. The zero-order chi connectivity index (χ0) is 66.9. The van der Waals surface area contributed by atoms with Gasteiger partial charge in [0.25, 0.3) is 0 Å². The number of epoxide rings is 1. The Balaban J connectivity index is 0.863. The van der Waals surface area contributed by atoms with E-state index in [0.29, 0.717) is 82.9 Å². The van der Waals surface area contributed by atoms with Gasteiger partial charge in [-0.25, -0.2) is 19.6 Å². The van der Waals surface area contributed by atoms with Crippen LogP contribution in [-0.4, -0.2) is 218 Å². The zero-order valence-electron chi connectivity index (χ0n) is 55.3. The Hall–Kier alpha value is -6.93. The molecule has 93 heavy (non-hydrogen) atoms. The number of rotatable bonds is 22. The summed E-state index contributed by atoms with van der Waals surface area (Å²) in [5, 5.41) is 29.5. The molecular formula is C69H93ClN8O15. The SMILES string of the molecule is COc1cc2cc(c1Cl)N(C)C(=O)C[C@H](OC(=O)[C@@H](C)N(C)C(=O)CCC(=O)N(CCOCCOCCCO)C1CCN(C(=O)CCn3c4c(c5ccccc53)C(c3ccccc3)N(C)N(C)C4)CC1)[C@]1(C)OC1[C@H](C)[C@@H]1C[C@@](O)(NC(=O)O1)[C@H](OC)/C=C/C=C(\C)C2. The molecular weight excluding hydrogens is 1220 g/mol. The molecule has 6 heterocycles. The Kier molecular flexibility index (Phi) is 23.5. The minimum atomic E-state index is -1.90. The summed E-state index contributed by atoms with van der Waals surface area (Å²) in [6.07, 6.45) is 1.68. The summed E-state index contributed by atoms with van der Waals surface area (Å²) in [4.78, 5) is 91.3. The molecule has 3 saturated heterocycles. The first-order valence-electron chi connectivity index (χ1n) is 32.3. The van der Waals surface area contributed by atoms with E-state index in [1.165, 1.54) is 60.2 Å². The van der Waals surface area contributed by atoms with Crippen LogP contribution in [0.15, 0.2) is 90.5 Å². The highest BCUT2D eigenvalue weighted by Gasteiger charge is 2.64. The first kappa shape index (κ1) is 70.4. The van der Waals surface area contributed by atoms with Gasteiger partial charge in [-0.15, -0.1) is 0 Å². The van der Waals surface area contributed by atoms with Gasteiger partial charge in [-0.2, -0.15) is 0 Å². The molecule has 2 unspecified atom stereocenters. The number of aliphatic hydroxyl groups excluding tert-OH is 1. The van der Waals surface area contributed by atoms with Crippen molar-refractivity contribution in [1.82, 2.24) is 34.6 Å². The van der Waals surface area contributed by atoms with Gasteiger partial charge >= 0.3 is 12.1 Å². The van der Waals surface area contributed by atoms with Gasteiger partial charge in [0.15, 0.2) is 5.72 Å².